The lowest BCUT2D eigenvalue weighted by molar-refractivity contribution is -0.130. The Hall–Kier alpha value is -3.77. The van der Waals surface area contributed by atoms with Crippen molar-refractivity contribution in [2.24, 2.45) is 23.7 Å². The number of unbranched alkanes of at least 4 members (excludes halogenated alkanes) is 2. The lowest BCUT2D eigenvalue weighted by atomic mass is 9.68. The molecule has 2 saturated carbocycles. The van der Waals surface area contributed by atoms with Crippen molar-refractivity contribution in [1.82, 2.24) is 0 Å². The summed E-state index contributed by atoms with van der Waals surface area (Å²) >= 11 is 0. The Bertz CT molecular complexity index is 1920. The van der Waals surface area contributed by atoms with Crippen LogP contribution in [0.4, 0.5) is 0 Å². The monoisotopic (exact) mass is 951 g/mol. The van der Waals surface area contributed by atoms with Gasteiger partial charge in [0.05, 0.1) is 22.8 Å². The normalized spacial score (nSPS) is 19.0. The van der Waals surface area contributed by atoms with Crippen molar-refractivity contribution in [1.29, 1.82) is 0 Å². The second kappa shape index (κ2) is 26.3. The summed E-state index contributed by atoms with van der Waals surface area (Å²) in [7, 11) is -4.22. The molecule has 368 valence electrons. The van der Waals surface area contributed by atoms with Gasteiger partial charge < -0.3 is 24.4 Å². The number of rotatable bonds is 26. The smallest absolute Gasteiger partial charge is 0.338 e. The number of aliphatic hydroxyl groups excluding tert-OH is 2. The maximum Gasteiger partial charge on any atom is 0.338 e. The summed E-state index contributed by atoms with van der Waals surface area (Å²) in [5, 5.41) is 22.9. The summed E-state index contributed by atoms with van der Waals surface area (Å²) in [6, 6.07) is 23.2. The Morgan fingerprint density at radius 1 is 0.657 bits per heavy atom. The molecule has 0 aromatic heterocycles. The summed E-state index contributed by atoms with van der Waals surface area (Å²) in [5.74, 6) is 4.38. The topological polar surface area (TPSA) is 102 Å². The average molecular weight is 951 g/mol. The van der Waals surface area contributed by atoms with Gasteiger partial charge in [0.1, 0.15) is 17.2 Å². The van der Waals surface area contributed by atoms with E-state index in [0.717, 1.165) is 61.3 Å². The summed E-state index contributed by atoms with van der Waals surface area (Å²) in [6.45, 7) is 23.5. The third-order valence-electron chi connectivity index (χ3n) is 15.4. The number of hydrogen-bond donors (Lipinski definition) is 2. The Labute approximate surface area is 407 Å². The van der Waals surface area contributed by atoms with Crippen LogP contribution in [-0.4, -0.2) is 58.1 Å². The molecule has 2 fully saturated rings. The second-order valence-electron chi connectivity index (χ2n) is 21.8. The zero-order valence-electron chi connectivity index (χ0n) is 42.6. The van der Waals surface area contributed by atoms with Gasteiger partial charge in [-0.15, -0.1) is 0 Å². The van der Waals surface area contributed by atoms with Gasteiger partial charge >= 0.3 is 11.9 Å². The Balaban J connectivity index is 1.40. The van der Waals surface area contributed by atoms with Gasteiger partial charge in [-0.2, -0.15) is 0 Å². The molecule has 3 aromatic carbocycles. The van der Waals surface area contributed by atoms with Crippen LogP contribution in [0.5, 0.6) is 17.2 Å². The highest BCUT2D eigenvalue weighted by atomic mass is 28.3. The zero-order valence-corrected chi connectivity index (χ0v) is 44.6. The average Bonchev–Trinajstić information content (AvgIpc) is 3.31. The van der Waals surface area contributed by atoms with Gasteiger partial charge in [-0.05, 0) is 147 Å². The van der Waals surface area contributed by atoms with Crippen molar-refractivity contribution in [2.45, 2.75) is 174 Å². The van der Waals surface area contributed by atoms with Crippen molar-refractivity contribution in [2.75, 3.05) is 19.8 Å². The zero-order chi connectivity index (χ0) is 48.6. The molecule has 0 spiro atoms. The van der Waals surface area contributed by atoms with Crippen LogP contribution >= 0.6 is 0 Å². The van der Waals surface area contributed by atoms with Crippen LogP contribution in [0.25, 0.3) is 0 Å². The number of benzene rings is 3. The van der Waals surface area contributed by atoms with E-state index in [1.807, 2.05) is 24.3 Å². The molecule has 0 bridgehead atoms. The maximum absolute atomic E-state index is 12.1. The van der Waals surface area contributed by atoms with Crippen LogP contribution in [-0.2, 0) is 22.4 Å². The molecule has 3 aromatic rings. The minimum absolute atomic E-state index is 0.0588. The van der Waals surface area contributed by atoms with E-state index >= 15 is 0 Å². The van der Waals surface area contributed by atoms with E-state index in [2.05, 4.69) is 82.7 Å². The highest BCUT2D eigenvalue weighted by Crippen LogP contribution is 2.45. The third kappa shape index (κ3) is 16.4. The molecule has 2 aliphatic carbocycles. The minimum atomic E-state index is -2.11. The standard InChI is InChI=1S/C58H86O7Si2/c1-10-11-12-15-44-18-24-48(25-19-44)49-26-28-50(29-27-49)51-38-54(66(6,7)36-13-16-45-20-30-52(31-21-45)64-57(61)42(2)3)56(63-35-34-47(40-59)41-60)55(39-51)67(8,9)37-14-17-46-22-32-53(33-23-46)65-58(62)43(4)5/h20-23,30-33,38-39,44,47-50,59-60H,2,4,10-19,24-29,34-37,40-41H2,1,3,5-9H3. The van der Waals surface area contributed by atoms with E-state index in [4.69, 9.17) is 14.2 Å². The lowest BCUT2D eigenvalue weighted by Gasteiger charge is -2.39. The minimum Gasteiger partial charge on any atom is -0.494 e. The fraction of sp³-hybridized carbons (Fsp3) is 0.586. The molecule has 0 heterocycles. The largest absolute Gasteiger partial charge is 0.494 e. The van der Waals surface area contributed by atoms with Gasteiger partial charge in [-0.3, -0.25) is 0 Å². The SMILES string of the molecule is C=C(C)C(=O)Oc1ccc(CCC[Si](C)(C)c2cc(C3CCC(C4CCC(CCCCC)CC4)CC3)cc([Si](C)(C)CCCc3ccc(OC(=O)C(=C)C)cc3)c2OCCC(CO)CO)cc1. The van der Waals surface area contributed by atoms with Crippen LogP contribution in [0.1, 0.15) is 140 Å². The fourth-order valence-corrected chi connectivity index (χ4v) is 16.3. The first-order valence-electron chi connectivity index (χ1n) is 26.0. The van der Waals surface area contributed by atoms with Gasteiger partial charge in [0.25, 0.3) is 0 Å². The summed E-state index contributed by atoms with van der Waals surface area (Å²) < 4.78 is 18.0. The fourth-order valence-electron chi connectivity index (χ4n) is 10.7. The Morgan fingerprint density at radius 2 is 1.10 bits per heavy atom. The van der Waals surface area contributed by atoms with Crippen molar-refractivity contribution in [3.63, 3.8) is 0 Å². The van der Waals surface area contributed by atoms with E-state index in [1.165, 1.54) is 104 Å². The van der Waals surface area contributed by atoms with Gasteiger partial charge in [-0.1, -0.05) is 146 Å². The van der Waals surface area contributed by atoms with Crippen molar-refractivity contribution in [3.05, 3.63) is 102 Å². The number of carbonyl (C=O) groups excluding carboxylic acids is 2. The number of aliphatic hydroxyl groups is 2. The summed E-state index contributed by atoms with van der Waals surface area (Å²) in [5.41, 5.74) is 4.72. The highest BCUT2D eigenvalue weighted by molar-refractivity contribution is 6.93. The first kappa shape index (κ1) is 54.2. The molecule has 0 unspecified atom stereocenters. The number of esters is 2. The van der Waals surface area contributed by atoms with E-state index in [-0.39, 0.29) is 19.1 Å². The maximum atomic E-state index is 12.1. The van der Waals surface area contributed by atoms with E-state index in [1.54, 1.807) is 13.8 Å². The molecule has 5 rings (SSSR count). The highest BCUT2D eigenvalue weighted by Gasteiger charge is 2.37. The molecule has 7 nitrogen and oxygen atoms in total. The molecule has 0 atom stereocenters. The second-order valence-corrected chi connectivity index (χ2v) is 31.4. The predicted octanol–water partition coefficient (Wildman–Crippen LogP) is 12.8. The first-order chi connectivity index (χ1) is 32.0. The van der Waals surface area contributed by atoms with E-state index < -0.39 is 28.1 Å². The summed E-state index contributed by atoms with van der Waals surface area (Å²) in [6.07, 6.45) is 21.0. The molecule has 9 heteroatoms. The lowest BCUT2D eigenvalue weighted by Crippen LogP contribution is -2.50. The Kier molecular flexibility index (Phi) is 21.2. The van der Waals surface area contributed by atoms with Crippen LogP contribution in [0.15, 0.2) is 85.0 Å². The van der Waals surface area contributed by atoms with Gasteiger partial charge in [0, 0.05) is 30.3 Å². The number of ether oxygens (including phenoxy) is 3. The van der Waals surface area contributed by atoms with Crippen LogP contribution < -0.4 is 24.6 Å². The van der Waals surface area contributed by atoms with E-state index in [0.29, 0.717) is 41.6 Å². The van der Waals surface area contributed by atoms with Crippen LogP contribution in [0, 0.1) is 23.7 Å². The number of aryl methyl sites for hydroxylation is 2. The Morgan fingerprint density at radius 3 is 1.52 bits per heavy atom. The number of hydrogen-bond acceptors (Lipinski definition) is 7. The molecular weight excluding hydrogens is 865 g/mol. The van der Waals surface area contributed by atoms with Crippen molar-refractivity contribution in [3.8, 4) is 17.2 Å². The molecule has 2 aliphatic rings. The molecular formula is C58H86O7Si2. The van der Waals surface area contributed by atoms with Crippen molar-refractivity contribution >= 4 is 38.5 Å². The molecule has 67 heavy (non-hydrogen) atoms. The molecule has 0 amide bonds. The first-order valence-corrected chi connectivity index (χ1v) is 32.4. The third-order valence-corrected chi connectivity index (χ3v) is 22.2. The van der Waals surface area contributed by atoms with Crippen molar-refractivity contribution < 1.29 is 34.0 Å². The molecule has 0 radical (unpaired) electrons. The predicted molar refractivity (Wildman–Crippen MR) is 283 cm³/mol. The molecule has 2 N–H and O–H groups in total. The summed E-state index contributed by atoms with van der Waals surface area (Å²) in [4.78, 5) is 24.2. The molecule has 0 aliphatic heterocycles. The van der Waals surface area contributed by atoms with Crippen LogP contribution in [0.3, 0.4) is 0 Å². The van der Waals surface area contributed by atoms with Gasteiger partial charge in [-0.25, -0.2) is 9.59 Å². The quantitative estimate of drug-likeness (QED) is 0.0272. The van der Waals surface area contributed by atoms with Gasteiger partial charge in [0.2, 0.25) is 0 Å². The van der Waals surface area contributed by atoms with Crippen LogP contribution in [0.2, 0.25) is 38.3 Å². The van der Waals surface area contributed by atoms with Gasteiger partial charge in [0.15, 0.2) is 0 Å². The molecule has 0 saturated heterocycles. The number of carbonyl (C=O) groups is 2. The van der Waals surface area contributed by atoms with E-state index in [9.17, 15) is 19.8 Å².